The minimum absolute atomic E-state index is 0.0290. The van der Waals surface area contributed by atoms with E-state index >= 15 is 0 Å². The van der Waals surface area contributed by atoms with Gasteiger partial charge in [0.15, 0.2) is 11.5 Å². The first-order valence-electron chi connectivity index (χ1n) is 7.83. The van der Waals surface area contributed by atoms with E-state index in [0.29, 0.717) is 28.0 Å². The maximum atomic E-state index is 12.0. The van der Waals surface area contributed by atoms with E-state index in [2.05, 4.69) is 15.6 Å². The zero-order chi connectivity index (χ0) is 16.5. The molecule has 4 rings (SSSR count). The number of pyridine rings is 1. The third-order valence-corrected chi connectivity index (χ3v) is 4.56. The summed E-state index contributed by atoms with van der Waals surface area (Å²) in [6.45, 7) is 0.170. The molecule has 1 saturated carbocycles. The summed E-state index contributed by atoms with van der Waals surface area (Å²) in [5, 5.41) is 6.60. The van der Waals surface area contributed by atoms with Crippen LogP contribution in [-0.2, 0) is 4.79 Å². The van der Waals surface area contributed by atoms with Crippen molar-refractivity contribution >= 4 is 34.7 Å². The number of carbonyl (C=O) groups is 1. The van der Waals surface area contributed by atoms with E-state index in [1.54, 1.807) is 30.5 Å². The molecule has 7 heteroatoms. The molecule has 24 heavy (non-hydrogen) atoms. The lowest BCUT2D eigenvalue weighted by Crippen LogP contribution is -2.28. The van der Waals surface area contributed by atoms with Crippen LogP contribution in [0.15, 0.2) is 30.5 Å². The number of nitrogens with zero attached hydrogens (tertiary/aromatic N) is 1. The number of anilines is 3. The van der Waals surface area contributed by atoms with Gasteiger partial charge in [0, 0.05) is 23.9 Å². The van der Waals surface area contributed by atoms with Crippen LogP contribution in [0, 0.1) is 5.92 Å². The van der Waals surface area contributed by atoms with E-state index in [0.717, 1.165) is 24.9 Å². The molecular formula is C17H16ClN3O3. The number of amides is 1. The van der Waals surface area contributed by atoms with E-state index in [1.165, 1.54) is 0 Å². The van der Waals surface area contributed by atoms with Gasteiger partial charge in [-0.2, -0.15) is 0 Å². The number of carbonyl (C=O) groups excluding carboxylic acids is 1. The van der Waals surface area contributed by atoms with Crippen molar-refractivity contribution in [1.29, 1.82) is 0 Å². The number of aromatic nitrogens is 1. The number of rotatable bonds is 4. The monoisotopic (exact) mass is 345 g/mol. The molecule has 0 atom stereocenters. The van der Waals surface area contributed by atoms with Gasteiger partial charge in [-0.15, -0.1) is 0 Å². The average Bonchev–Trinajstić information content (AvgIpc) is 2.97. The highest BCUT2D eigenvalue weighted by Gasteiger charge is 2.25. The predicted molar refractivity (Wildman–Crippen MR) is 91.1 cm³/mol. The Hall–Kier alpha value is -2.47. The Labute approximate surface area is 144 Å². The molecular weight excluding hydrogens is 330 g/mol. The zero-order valence-electron chi connectivity index (χ0n) is 12.8. The van der Waals surface area contributed by atoms with Crippen LogP contribution in [0.25, 0.3) is 0 Å². The molecule has 2 aromatic rings. The van der Waals surface area contributed by atoms with E-state index in [4.69, 9.17) is 21.1 Å². The fraction of sp³-hybridized carbons (Fsp3) is 0.294. The average molecular weight is 346 g/mol. The third-order valence-electron chi connectivity index (χ3n) is 4.24. The van der Waals surface area contributed by atoms with Crippen molar-refractivity contribution in [2.75, 3.05) is 17.4 Å². The standard InChI is InChI=1S/C17H16ClN3O3/c18-12-4-5-13-16(24-9-23-13)15(12)20-11-6-7-19-14(8-11)21-17(22)10-2-1-3-10/h4-8,10H,1-3,9H2,(H2,19,20,21,22). The van der Waals surface area contributed by atoms with Crippen LogP contribution in [-0.4, -0.2) is 17.7 Å². The quantitative estimate of drug-likeness (QED) is 0.878. The minimum atomic E-state index is 0.0290. The van der Waals surface area contributed by atoms with E-state index in [1.807, 2.05) is 0 Å². The molecule has 1 amide bonds. The number of fused-ring (bicyclic) bond motifs is 1. The molecule has 0 unspecified atom stereocenters. The van der Waals surface area contributed by atoms with Crippen molar-refractivity contribution in [2.45, 2.75) is 19.3 Å². The maximum Gasteiger partial charge on any atom is 0.231 e. The molecule has 0 bridgehead atoms. The van der Waals surface area contributed by atoms with Crippen molar-refractivity contribution in [3.05, 3.63) is 35.5 Å². The number of benzene rings is 1. The van der Waals surface area contributed by atoms with Crippen LogP contribution >= 0.6 is 11.6 Å². The Balaban J connectivity index is 1.54. The maximum absolute atomic E-state index is 12.0. The fourth-order valence-electron chi connectivity index (χ4n) is 2.68. The van der Waals surface area contributed by atoms with Crippen molar-refractivity contribution in [3.63, 3.8) is 0 Å². The molecule has 0 saturated heterocycles. The second-order valence-electron chi connectivity index (χ2n) is 5.83. The van der Waals surface area contributed by atoms with Gasteiger partial charge in [0.1, 0.15) is 11.5 Å². The molecule has 2 N–H and O–H groups in total. The molecule has 1 aliphatic heterocycles. The van der Waals surface area contributed by atoms with E-state index in [-0.39, 0.29) is 18.6 Å². The molecule has 0 spiro atoms. The lowest BCUT2D eigenvalue weighted by atomic mass is 9.85. The number of halogens is 1. The first kappa shape index (κ1) is 15.1. The van der Waals surface area contributed by atoms with Crippen molar-refractivity contribution in [1.82, 2.24) is 4.98 Å². The second-order valence-corrected chi connectivity index (χ2v) is 6.24. The number of hydrogen-bond donors (Lipinski definition) is 2. The number of hydrogen-bond acceptors (Lipinski definition) is 5. The Kier molecular flexibility index (Phi) is 3.90. The van der Waals surface area contributed by atoms with Crippen molar-refractivity contribution in [2.24, 2.45) is 5.92 Å². The molecule has 1 aliphatic carbocycles. The Morgan fingerprint density at radius 2 is 2.12 bits per heavy atom. The lowest BCUT2D eigenvalue weighted by Gasteiger charge is -2.23. The van der Waals surface area contributed by atoms with Crippen molar-refractivity contribution in [3.8, 4) is 11.5 Å². The summed E-state index contributed by atoms with van der Waals surface area (Å²) in [6.07, 6.45) is 4.65. The number of ether oxygens (including phenoxy) is 2. The largest absolute Gasteiger partial charge is 0.454 e. The van der Waals surface area contributed by atoms with Crippen LogP contribution in [0.3, 0.4) is 0 Å². The van der Waals surface area contributed by atoms with Crippen LogP contribution in [0.2, 0.25) is 5.02 Å². The molecule has 6 nitrogen and oxygen atoms in total. The van der Waals surface area contributed by atoms with Gasteiger partial charge in [-0.05, 0) is 31.0 Å². The fourth-order valence-corrected chi connectivity index (χ4v) is 2.88. The summed E-state index contributed by atoms with van der Waals surface area (Å²) in [4.78, 5) is 16.2. The topological polar surface area (TPSA) is 72.5 Å². The van der Waals surface area contributed by atoms with Gasteiger partial charge in [0.25, 0.3) is 0 Å². The summed E-state index contributed by atoms with van der Waals surface area (Å²) in [6, 6.07) is 7.08. The van der Waals surface area contributed by atoms with Crippen molar-refractivity contribution < 1.29 is 14.3 Å². The summed E-state index contributed by atoms with van der Waals surface area (Å²) < 4.78 is 10.8. The zero-order valence-corrected chi connectivity index (χ0v) is 13.6. The summed E-state index contributed by atoms with van der Waals surface area (Å²) in [5.41, 5.74) is 1.38. The highest BCUT2D eigenvalue weighted by Crippen LogP contribution is 2.44. The summed E-state index contributed by atoms with van der Waals surface area (Å²) in [7, 11) is 0. The van der Waals surface area contributed by atoms with Gasteiger partial charge in [0.05, 0.1) is 5.02 Å². The highest BCUT2D eigenvalue weighted by molar-refractivity contribution is 6.33. The molecule has 1 fully saturated rings. The van der Waals surface area contributed by atoms with Gasteiger partial charge in [-0.3, -0.25) is 4.79 Å². The van der Waals surface area contributed by atoms with Crippen LogP contribution in [0.1, 0.15) is 19.3 Å². The predicted octanol–water partition coefficient (Wildman–Crippen LogP) is 3.95. The highest BCUT2D eigenvalue weighted by atomic mass is 35.5. The minimum Gasteiger partial charge on any atom is -0.454 e. The first-order valence-corrected chi connectivity index (χ1v) is 8.20. The van der Waals surface area contributed by atoms with Gasteiger partial charge in [0.2, 0.25) is 12.7 Å². The molecule has 2 aliphatic rings. The summed E-state index contributed by atoms with van der Waals surface area (Å²) >= 11 is 6.27. The van der Waals surface area contributed by atoms with Crippen LogP contribution in [0.4, 0.5) is 17.2 Å². The van der Waals surface area contributed by atoms with Crippen LogP contribution in [0.5, 0.6) is 11.5 Å². The summed E-state index contributed by atoms with van der Waals surface area (Å²) in [5.74, 6) is 1.88. The van der Waals surface area contributed by atoms with Gasteiger partial charge in [-0.25, -0.2) is 4.98 Å². The number of nitrogens with one attached hydrogen (secondary N) is 2. The smallest absolute Gasteiger partial charge is 0.231 e. The lowest BCUT2D eigenvalue weighted by molar-refractivity contribution is -0.122. The molecule has 0 radical (unpaired) electrons. The van der Waals surface area contributed by atoms with E-state index < -0.39 is 0 Å². The Morgan fingerprint density at radius 1 is 1.25 bits per heavy atom. The van der Waals surface area contributed by atoms with Crippen LogP contribution < -0.4 is 20.1 Å². The molecule has 1 aromatic carbocycles. The molecule has 2 heterocycles. The normalized spacial score (nSPS) is 15.7. The van der Waals surface area contributed by atoms with Gasteiger partial charge >= 0.3 is 0 Å². The Morgan fingerprint density at radius 3 is 2.92 bits per heavy atom. The van der Waals surface area contributed by atoms with E-state index in [9.17, 15) is 4.79 Å². The molecule has 1 aromatic heterocycles. The second kappa shape index (κ2) is 6.20. The SMILES string of the molecule is O=C(Nc1cc(Nc2c(Cl)ccc3c2OCO3)ccn1)C1CCC1. The Bertz CT molecular complexity index is 793. The first-order chi connectivity index (χ1) is 11.7. The van der Waals surface area contributed by atoms with Gasteiger partial charge in [-0.1, -0.05) is 18.0 Å². The third kappa shape index (κ3) is 2.85. The van der Waals surface area contributed by atoms with Gasteiger partial charge < -0.3 is 20.1 Å². The molecule has 124 valence electrons.